The molecule has 2 aromatic carbocycles. The molecule has 1 amide bonds. The van der Waals surface area contributed by atoms with E-state index in [2.05, 4.69) is 5.32 Å². The first-order valence-electron chi connectivity index (χ1n) is 7.50. The fraction of sp³-hybridized carbons (Fsp3) is 0.278. The van der Waals surface area contributed by atoms with Crippen LogP contribution in [0.5, 0.6) is 11.5 Å². The summed E-state index contributed by atoms with van der Waals surface area (Å²) in [7, 11) is 0. The number of nitrogens with one attached hydrogen (secondary N) is 1. The van der Waals surface area contributed by atoms with Crippen LogP contribution in [-0.4, -0.2) is 25.7 Å². The molecule has 5 heteroatoms. The topological polar surface area (TPSA) is 47.6 Å². The van der Waals surface area contributed by atoms with E-state index in [1.807, 2.05) is 38.1 Å². The molecular formula is C18H20ClNO3. The Morgan fingerprint density at radius 1 is 1.13 bits per heavy atom. The van der Waals surface area contributed by atoms with Crippen LogP contribution in [0.4, 0.5) is 0 Å². The fourth-order valence-corrected chi connectivity index (χ4v) is 2.22. The minimum atomic E-state index is -0.192. The molecule has 1 N–H and O–H groups in total. The van der Waals surface area contributed by atoms with Crippen molar-refractivity contribution >= 4 is 17.5 Å². The molecule has 0 radical (unpaired) electrons. The molecule has 2 rings (SSSR count). The molecule has 23 heavy (non-hydrogen) atoms. The van der Waals surface area contributed by atoms with Crippen molar-refractivity contribution in [3.8, 4) is 11.5 Å². The van der Waals surface area contributed by atoms with Gasteiger partial charge in [-0.05, 0) is 44.2 Å². The summed E-state index contributed by atoms with van der Waals surface area (Å²) < 4.78 is 10.9. The van der Waals surface area contributed by atoms with Crippen molar-refractivity contribution in [2.45, 2.75) is 13.8 Å². The average Bonchev–Trinajstić information content (AvgIpc) is 2.55. The monoisotopic (exact) mass is 333 g/mol. The van der Waals surface area contributed by atoms with Crippen molar-refractivity contribution in [1.82, 2.24) is 5.32 Å². The first-order chi connectivity index (χ1) is 11.1. The number of ether oxygens (including phenoxy) is 2. The highest BCUT2D eigenvalue weighted by molar-refractivity contribution is 6.32. The van der Waals surface area contributed by atoms with Crippen molar-refractivity contribution in [2.24, 2.45) is 0 Å². The zero-order chi connectivity index (χ0) is 16.7. The third-order valence-electron chi connectivity index (χ3n) is 3.17. The van der Waals surface area contributed by atoms with Crippen LogP contribution < -0.4 is 14.8 Å². The van der Waals surface area contributed by atoms with Gasteiger partial charge in [-0.15, -0.1) is 0 Å². The molecule has 0 bridgehead atoms. The number of benzene rings is 2. The van der Waals surface area contributed by atoms with Crippen LogP contribution >= 0.6 is 11.6 Å². The SMILES string of the molecule is CCOc1ccc(C(=O)NCCOc2ccc(C)cc2)cc1Cl. The molecule has 0 aliphatic heterocycles. The van der Waals surface area contributed by atoms with Crippen LogP contribution in [0.25, 0.3) is 0 Å². The van der Waals surface area contributed by atoms with Crippen LogP contribution in [0.3, 0.4) is 0 Å². The van der Waals surface area contributed by atoms with Gasteiger partial charge in [0, 0.05) is 5.56 Å². The minimum absolute atomic E-state index is 0.192. The maximum absolute atomic E-state index is 12.1. The third-order valence-corrected chi connectivity index (χ3v) is 3.47. The van der Waals surface area contributed by atoms with E-state index in [0.717, 1.165) is 5.75 Å². The summed E-state index contributed by atoms with van der Waals surface area (Å²) in [5.41, 5.74) is 1.67. The molecule has 4 nitrogen and oxygen atoms in total. The number of carbonyl (C=O) groups excluding carboxylic acids is 1. The van der Waals surface area contributed by atoms with Crippen LogP contribution in [0.15, 0.2) is 42.5 Å². The Morgan fingerprint density at radius 2 is 1.87 bits per heavy atom. The number of hydrogen-bond acceptors (Lipinski definition) is 3. The van der Waals surface area contributed by atoms with Crippen molar-refractivity contribution in [2.75, 3.05) is 19.8 Å². The Bertz CT molecular complexity index is 656. The highest BCUT2D eigenvalue weighted by Crippen LogP contribution is 2.25. The summed E-state index contributed by atoms with van der Waals surface area (Å²) in [6, 6.07) is 12.8. The first kappa shape index (κ1) is 17.2. The molecule has 0 aromatic heterocycles. The lowest BCUT2D eigenvalue weighted by molar-refractivity contribution is 0.0947. The van der Waals surface area contributed by atoms with Gasteiger partial charge in [0.05, 0.1) is 18.2 Å². The second-order valence-electron chi connectivity index (χ2n) is 5.00. The van der Waals surface area contributed by atoms with Crippen molar-refractivity contribution in [3.63, 3.8) is 0 Å². The van der Waals surface area contributed by atoms with E-state index in [9.17, 15) is 4.79 Å². The first-order valence-corrected chi connectivity index (χ1v) is 7.88. The van der Waals surface area contributed by atoms with Gasteiger partial charge in [-0.2, -0.15) is 0 Å². The lowest BCUT2D eigenvalue weighted by Crippen LogP contribution is -2.28. The summed E-state index contributed by atoms with van der Waals surface area (Å²) in [5, 5.41) is 3.22. The molecule has 0 spiro atoms. The second kappa shape index (κ2) is 8.44. The van der Waals surface area contributed by atoms with E-state index in [0.29, 0.717) is 36.1 Å². The predicted octanol–water partition coefficient (Wildman–Crippen LogP) is 3.86. The zero-order valence-corrected chi connectivity index (χ0v) is 14.0. The summed E-state index contributed by atoms with van der Waals surface area (Å²) in [5.74, 6) is 1.17. The largest absolute Gasteiger partial charge is 0.492 e. The maximum Gasteiger partial charge on any atom is 0.251 e. The summed E-state index contributed by atoms with van der Waals surface area (Å²) >= 11 is 6.08. The van der Waals surface area contributed by atoms with Gasteiger partial charge in [-0.1, -0.05) is 29.3 Å². The van der Waals surface area contributed by atoms with Crippen molar-refractivity contribution in [1.29, 1.82) is 0 Å². The van der Waals surface area contributed by atoms with E-state index < -0.39 is 0 Å². The normalized spacial score (nSPS) is 10.2. The average molecular weight is 334 g/mol. The summed E-state index contributed by atoms with van der Waals surface area (Å²) in [4.78, 5) is 12.1. The Kier molecular flexibility index (Phi) is 6.29. The predicted molar refractivity (Wildman–Crippen MR) is 91.6 cm³/mol. The summed E-state index contributed by atoms with van der Waals surface area (Å²) in [6.07, 6.45) is 0. The molecule has 0 heterocycles. The molecule has 2 aromatic rings. The van der Waals surface area contributed by atoms with E-state index in [-0.39, 0.29) is 5.91 Å². The van der Waals surface area contributed by atoms with Gasteiger partial charge in [0.1, 0.15) is 18.1 Å². The Morgan fingerprint density at radius 3 is 2.52 bits per heavy atom. The van der Waals surface area contributed by atoms with E-state index in [4.69, 9.17) is 21.1 Å². The third kappa shape index (κ3) is 5.18. The van der Waals surface area contributed by atoms with Crippen LogP contribution in [0.1, 0.15) is 22.8 Å². The molecule has 0 unspecified atom stereocenters. The molecule has 122 valence electrons. The number of hydrogen-bond donors (Lipinski definition) is 1. The maximum atomic E-state index is 12.1. The van der Waals surface area contributed by atoms with E-state index in [1.165, 1.54) is 5.56 Å². The zero-order valence-electron chi connectivity index (χ0n) is 13.3. The number of aryl methyl sites for hydroxylation is 1. The molecule has 0 atom stereocenters. The molecule has 0 aliphatic rings. The molecule has 0 aliphatic carbocycles. The quantitative estimate of drug-likeness (QED) is 0.783. The standard InChI is InChI=1S/C18H20ClNO3/c1-3-22-17-9-6-14(12-16(17)19)18(21)20-10-11-23-15-7-4-13(2)5-8-15/h4-9,12H,3,10-11H2,1-2H3,(H,20,21). The molecule has 0 fully saturated rings. The molecular weight excluding hydrogens is 314 g/mol. The Hall–Kier alpha value is -2.20. The number of carbonyl (C=O) groups is 1. The lowest BCUT2D eigenvalue weighted by atomic mass is 10.2. The van der Waals surface area contributed by atoms with Crippen molar-refractivity contribution in [3.05, 3.63) is 58.6 Å². The van der Waals surface area contributed by atoms with Gasteiger partial charge in [0.15, 0.2) is 0 Å². The lowest BCUT2D eigenvalue weighted by Gasteiger charge is -2.10. The van der Waals surface area contributed by atoms with Crippen LogP contribution in [0, 0.1) is 6.92 Å². The molecule has 0 saturated heterocycles. The number of halogens is 1. The van der Waals surface area contributed by atoms with Crippen molar-refractivity contribution < 1.29 is 14.3 Å². The molecule has 0 saturated carbocycles. The highest BCUT2D eigenvalue weighted by atomic mass is 35.5. The number of rotatable bonds is 7. The fourth-order valence-electron chi connectivity index (χ4n) is 1.98. The Balaban J connectivity index is 1.80. The van der Waals surface area contributed by atoms with Crippen LogP contribution in [-0.2, 0) is 0 Å². The van der Waals surface area contributed by atoms with E-state index in [1.54, 1.807) is 18.2 Å². The highest BCUT2D eigenvalue weighted by Gasteiger charge is 2.09. The Labute approximate surface area is 141 Å². The van der Waals surface area contributed by atoms with Gasteiger partial charge in [0.2, 0.25) is 0 Å². The van der Waals surface area contributed by atoms with Gasteiger partial charge >= 0.3 is 0 Å². The number of amides is 1. The van der Waals surface area contributed by atoms with E-state index >= 15 is 0 Å². The van der Waals surface area contributed by atoms with Gasteiger partial charge in [-0.25, -0.2) is 0 Å². The minimum Gasteiger partial charge on any atom is -0.492 e. The smallest absolute Gasteiger partial charge is 0.251 e. The van der Waals surface area contributed by atoms with Gasteiger partial charge in [0.25, 0.3) is 5.91 Å². The summed E-state index contributed by atoms with van der Waals surface area (Å²) in [6.45, 7) is 5.25. The second-order valence-corrected chi connectivity index (χ2v) is 5.40. The van der Waals surface area contributed by atoms with Gasteiger partial charge < -0.3 is 14.8 Å². The van der Waals surface area contributed by atoms with Crippen LogP contribution in [0.2, 0.25) is 5.02 Å². The van der Waals surface area contributed by atoms with Gasteiger partial charge in [-0.3, -0.25) is 4.79 Å².